The first kappa shape index (κ1) is 24.8. The number of rotatable bonds is 8. The number of nitrogens with one attached hydrogen (secondary N) is 2. The zero-order chi connectivity index (χ0) is 24.0. The molecule has 0 unspecified atom stereocenters. The fourth-order valence-corrected chi connectivity index (χ4v) is 4.41. The highest BCUT2D eigenvalue weighted by Crippen LogP contribution is 2.21. The first-order valence-corrected chi connectivity index (χ1v) is 11.9. The first-order chi connectivity index (χ1) is 15.8. The average molecular weight is 470 g/mol. The monoisotopic (exact) mass is 469 g/mol. The maximum atomic E-state index is 13.4. The summed E-state index contributed by atoms with van der Waals surface area (Å²) in [6.07, 6.45) is 1.98. The number of nitrogens with zero attached hydrogens (tertiary/aromatic N) is 1. The molecule has 1 heterocycles. The van der Waals surface area contributed by atoms with Crippen molar-refractivity contribution in [3.8, 4) is 0 Å². The second kappa shape index (κ2) is 11.3. The van der Waals surface area contributed by atoms with Crippen molar-refractivity contribution < 1.29 is 14.4 Å². The number of carbonyl (C=O) groups is 3. The Morgan fingerprint density at radius 3 is 2.48 bits per heavy atom. The van der Waals surface area contributed by atoms with Gasteiger partial charge in [-0.3, -0.25) is 14.4 Å². The van der Waals surface area contributed by atoms with Crippen LogP contribution in [0.1, 0.15) is 48.2 Å². The molecule has 2 aromatic carbocycles. The Kier molecular flexibility index (Phi) is 8.50. The van der Waals surface area contributed by atoms with Crippen LogP contribution >= 0.6 is 11.6 Å². The second-order valence-electron chi connectivity index (χ2n) is 8.83. The van der Waals surface area contributed by atoms with Crippen LogP contribution in [0.5, 0.6) is 0 Å². The number of hydrogen-bond acceptors (Lipinski definition) is 3. The van der Waals surface area contributed by atoms with E-state index >= 15 is 0 Å². The lowest BCUT2D eigenvalue weighted by atomic mass is 10.0. The third-order valence-corrected chi connectivity index (χ3v) is 6.47. The van der Waals surface area contributed by atoms with E-state index in [9.17, 15) is 14.4 Å². The molecule has 176 valence electrons. The molecule has 0 saturated carbocycles. The van der Waals surface area contributed by atoms with Gasteiger partial charge in [-0.05, 0) is 55.4 Å². The Labute approximate surface area is 200 Å². The first-order valence-electron chi connectivity index (χ1n) is 11.5. The van der Waals surface area contributed by atoms with E-state index in [2.05, 4.69) is 10.6 Å². The van der Waals surface area contributed by atoms with Gasteiger partial charge in [0.05, 0.1) is 0 Å². The molecule has 33 heavy (non-hydrogen) atoms. The standard InChI is InChI=1S/C26H32ClN3O3/c1-17(2)23(29-24(31)20-11-6-4-9-18(20)3)26(33)30-16-8-13-22(30)25(32)28-15-14-19-10-5-7-12-21(19)27/h4-7,9-12,17,22-23H,8,13-16H2,1-3H3,(H,28,32)(H,29,31)/t22-,23-/m0/s1. The summed E-state index contributed by atoms with van der Waals surface area (Å²) in [5.74, 6) is -0.772. The van der Waals surface area contributed by atoms with E-state index in [1.165, 1.54) is 0 Å². The molecule has 0 bridgehead atoms. The maximum Gasteiger partial charge on any atom is 0.252 e. The zero-order valence-corrected chi connectivity index (χ0v) is 20.2. The second-order valence-corrected chi connectivity index (χ2v) is 9.24. The van der Waals surface area contributed by atoms with Gasteiger partial charge in [0, 0.05) is 23.7 Å². The van der Waals surface area contributed by atoms with E-state index in [0.717, 1.165) is 17.5 Å². The number of amides is 3. The van der Waals surface area contributed by atoms with E-state index in [-0.39, 0.29) is 23.6 Å². The average Bonchev–Trinajstić information content (AvgIpc) is 3.28. The molecule has 7 heteroatoms. The fourth-order valence-electron chi connectivity index (χ4n) is 4.18. The predicted octanol–water partition coefficient (Wildman–Crippen LogP) is 3.75. The minimum Gasteiger partial charge on any atom is -0.354 e. The van der Waals surface area contributed by atoms with E-state index < -0.39 is 12.1 Å². The molecule has 2 atom stereocenters. The summed E-state index contributed by atoms with van der Waals surface area (Å²) in [6, 6.07) is 13.6. The van der Waals surface area contributed by atoms with Crippen molar-refractivity contribution in [2.75, 3.05) is 13.1 Å². The molecule has 1 aliphatic heterocycles. The zero-order valence-electron chi connectivity index (χ0n) is 19.4. The third-order valence-electron chi connectivity index (χ3n) is 6.10. The summed E-state index contributed by atoms with van der Waals surface area (Å²) in [6.45, 7) is 6.61. The molecule has 1 saturated heterocycles. The molecule has 6 nitrogen and oxygen atoms in total. The Bertz CT molecular complexity index is 1010. The van der Waals surface area contributed by atoms with Gasteiger partial charge < -0.3 is 15.5 Å². The molecule has 0 aromatic heterocycles. The number of likely N-dealkylation sites (tertiary alicyclic amines) is 1. The lowest BCUT2D eigenvalue weighted by Crippen LogP contribution is -2.55. The Morgan fingerprint density at radius 2 is 1.79 bits per heavy atom. The van der Waals surface area contributed by atoms with Gasteiger partial charge in [-0.1, -0.05) is 61.8 Å². The van der Waals surface area contributed by atoms with Gasteiger partial charge in [0.25, 0.3) is 5.91 Å². The lowest BCUT2D eigenvalue weighted by Gasteiger charge is -2.30. The third kappa shape index (κ3) is 6.14. The van der Waals surface area contributed by atoms with Gasteiger partial charge in [-0.15, -0.1) is 0 Å². The van der Waals surface area contributed by atoms with Crippen molar-refractivity contribution in [2.24, 2.45) is 5.92 Å². The summed E-state index contributed by atoms with van der Waals surface area (Å²) < 4.78 is 0. The van der Waals surface area contributed by atoms with E-state index in [1.54, 1.807) is 17.0 Å². The topological polar surface area (TPSA) is 78.5 Å². The molecule has 3 amide bonds. The highest BCUT2D eigenvalue weighted by atomic mass is 35.5. The van der Waals surface area contributed by atoms with Gasteiger partial charge in [-0.2, -0.15) is 0 Å². The van der Waals surface area contributed by atoms with Crippen LogP contribution in [0.2, 0.25) is 5.02 Å². The van der Waals surface area contributed by atoms with Crippen LogP contribution in [0.15, 0.2) is 48.5 Å². The van der Waals surface area contributed by atoms with Gasteiger partial charge in [0.15, 0.2) is 0 Å². The van der Waals surface area contributed by atoms with Crippen molar-refractivity contribution in [3.05, 3.63) is 70.2 Å². The van der Waals surface area contributed by atoms with Crippen molar-refractivity contribution >= 4 is 29.3 Å². The van der Waals surface area contributed by atoms with E-state index in [4.69, 9.17) is 11.6 Å². The van der Waals surface area contributed by atoms with Crippen LogP contribution in [0, 0.1) is 12.8 Å². The SMILES string of the molecule is Cc1ccccc1C(=O)N[C@H](C(=O)N1CCC[C@H]1C(=O)NCCc1ccccc1Cl)C(C)C. The van der Waals surface area contributed by atoms with Crippen LogP contribution in [-0.2, 0) is 16.0 Å². The summed E-state index contributed by atoms with van der Waals surface area (Å²) in [7, 11) is 0. The highest BCUT2D eigenvalue weighted by Gasteiger charge is 2.38. The lowest BCUT2D eigenvalue weighted by molar-refractivity contribution is -0.140. The Hall–Kier alpha value is -2.86. The molecular weight excluding hydrogens is 438 g/mol. The summed E-state index contributed by atoms with van der Waals surface area (Å²) in [5, 5.41) is 6.53. The van der Waals surface area contributed by atoms with Crippen LogP contribution in [-0.4, -0.2) is 47.8 Å². The molecule has 0 radical (unpaired) electrons. The fraction of sp³-hybridized carbons (Fsp3) is 0.423. The van der Waals surface area contributed by atoms with Gasteiger partial charge in [-0.25, -0.2) is 0 Å². The minimum absolute atomic E-state index is 0.116. The van der Waals surface area contributed by atoms with Crippen LogP contribution < -0.4 is 10.6 Å². The molecule has 0 spiro atoms. The Balaban J connectivity index is 1.63. The summed E-state index contributed by atoms with van der Waals surface area (Å²) in [4.78, 5) is 40.8. The summed E-state index contributed by atoms with van der Waals surface area (Å²) >= 11 is 6.19. The van der Waals surface area contributed by atoms with Crippen LogP contribution in [0.3, 0.4) is 0 Å². The van der Waals surface area contributed by atoms with Crippen molar-refractivity contribution in [2.45, 2.75) is 52.1 Å². The molecule has 2 N–H and O–H groups in total. The molecule has 1 fully saturated rings. The van der Waals surface area contributed by atoms with Gasteiger partial charge >= 0.3 is 0 Å². The van der Waals surface area contributed by atoms with Crippen molar-refractivity contribution in [3.63, 3.8) is 0 Å². The van der Waals surface area contributed by atoms with E-state index in [0.29, 0.717) is 36.5 Å². The summed E-state index contributed by atoms with van der Waals surface area (Å²) in [5.41, 5.74) is 2.37. The quantitative estimate of drug-likeness (QED) is 0.618. The normalized spacial score (nSPS) is 16.5. The van der Waals surface area contributed by atoms with Crippen LogP contribution in [0.4, 0.5) is 0 Å². The molecule has 1 aliphatic rings. The van der Waals surface area contributed by atoms with E-state index in [1.807, 2.05) is 57.2 Å². The number of hydrogen-bond donors (Lipinski definition) is 2. The van der Waals surface area contributed by atoms with Crippen molar-refractivity contribution in [1.82, 2.24) is 15.5 Å². The molecule has 2 aromatic rings. The minimum atomic E-state index is -0.700. The maximum absolute atomic E-state index is 13.4. The van der Waals surface area contributed by atoms with Gasteiger partial charge in [0.2, 0.25) is 11.8 Å². The number of halogens is 1. The van der Waals surface area contributed by atoms with Gasteiger partial charge in [0.1, 0.15) is 12.1 Å². The largest absolute Gasteiger partial charge is 0.354 e. The highest BCUT2D eigenvalue weighted by molar-refractivity contribution is 6.31. The number of carbonyl (C=O) groups excluding carboxylic acids is 3. The molecule has 3 rings (SSSR count). The predicted molar refractivity (Wildman–Crippen MR) is 130 cm³/mol. The Morgan fingerprint density at radius 1 is 1.09 bits per heavy atom. The number of aryl methyl sites for hydroxylation is 1. The molecular formula is C26H32ClN3O3. The van der Waals surface area contributed by atoms with Crippen molar-refractivity contribution in [1.29, 1.82) is 0 Å². The molecule has 0 aliphatic carbocycles. The smallest absolute Gasteiger partial charge is 0.252 e. The number of benzene rings is 2. The van der Waals surface area contributed by atoms with Crippen LogP contribution in [0.25, 0.3) is 0 Å².